The van der Waals surface area contributed by atoms with Gasteiger partial charge in [-0.3, -0.25) is 0 Å². The normalized spacial score (nSPS) is 17.8. The summed E-state index contributed by atoms with van der Waals surface area (Å²) in [5, 5.41) is 4.18. The van der Waals surface area contributed by atoms with Crippen LogP contribution in [0, 0.1) is 5.82 Å². The monoisotopic (exact) mass is 345 g/mol. The number of halogens is 2. The largest absolute Gasteiger partial charge is 0.309 e. The number of benzene rings is 1. The fourth-order valence-corrected chi connectivity index (χ4v) is 4.39. The first kappa shape index (κ1) is 15.3. The molecule has 1 aromatic rings. The fraction of sp³-hybridized carbons (Fsp3) is 0.600. The molecule has 2 rings (SSSR count). The van der Waals surface area contributed by atoms with E-state index in [0.29, 0.717) is 4.47 Å². The SMILES string of the molecule is CCNC(CSC1CCCC1)c1cccc(Br)c1F. The molecule has 1 N–H and O–H groups in total. The third-order valence-corrected chi connectivity index (χ3v) is 5.69. The minimum absolute atomic E-state index is 0.105. The molecular weight excluding hydrogens is 325 g/mol. The molecule has 1 unspecified atom stereocenters. The van der Waals surface area contributed by atoms with Crippen LogP contribution in [-0.4, -0.2) is 17.5 Å². The van der Waals surface area contributed by atoms with Gasteiger partial charge in [-0.2, -0.15) is 11.8 Å². The highest BCUT2D eigenvalue weighted by Gasteiger charge is 2.20. The molecule has 0 saturated heterocycles. The second-order valence-electron chi connectivity index (χ2n) is 4.99. The van der Waals surface area contributed by atoms with Crippen LogP contribution in [0.4, 0.5) is 4.39 Å². The molecule has 1 nitrogen and oxygen atoms in total. The van der Waals surface area contributed by atoms with Crippen LogP contribution in [0.15, 0.2) is 22.7 Å². The van der Waals surface area contributed by atoms with Gasteiger partial charge in [-0.25, -0.2) is 4.39 Å². The van der Waals surface area contributed by atoms with E-state index >= 15 is 0 Å². The van der Waals surface area contributed by atoms with Crippen LogP contribution in [0.2, 0.25) is 0 Å². The predicted molar refractivity (Wildman–Crippen MR) is 85.2 cm³/mol. The molecular formula is C15H21BrFNS. The summed E-state index contributed by atoms with van der Waals surface area (Å²) < 4.78 is 14.7. The first-order chi connectivity index (χ1) is 9.22. The van der Waals surface area contributed by atoms with Gasteiger partial charge in [0.15, 0.2) is 0 Å². The first-order valence-electron chi connectivity index (χ1n) is 7.01. The Kier molecular flexibility index (Phi) is 6.17. The number of hydrogen-bond acceptors (Lipinski definition) is 2. The Hall–Kier alpha value is -0.0600. The summed E-state index contributed by atoms with van der Waals surface area (Å²) in [6, 6.07) is 5.66. The van der Waals surface area contributed by atoms with Crippen molar-refractivity contribution in [1.82, 2.24) is 5.32 Å². The molecule has 1 atom stereocenters. The maximum atomic E-state index is 14.2. The van der Waals surface area contributed by atoms with Gasteiger partial charge in [-0.1, -0.05) is 31.9 Å². The van der Waals surface area contributed by atoms with Crippen molar-refractivity contribution in [2.75, 3.05) is 12.3 Å². The fourth-order valence-electron chi connectivity index (χ4n) is 2.58. The van der Waals surface area contributed by atoms with Crippen LogP contribution in [0.25, 0.3) is 0 Å². The standard InChI is InChI=1S/C15H21BrFNS/c1-2-18-14(10-19-11-6-3-4-7-11)12-8-5-9-13(16)15(12)17/h5,8-9,11,14,18H,2-4,6-7,10H2,1H3. The Labute approximate surface area is 127 Å². The van der Waals surface area contributed by atoms with Crippen LogP contribution >= 0.6 is 27.7 Å². The van der Waals surface area contributed by atoms with Crippen molar-refractivity contribution in [1.29, 1.82) is 0 Å². The summed E-state index contributed by atoms with van der Waals surface area (Å²) in [5.41, 5.74) is 0.779. The summed E-state index contributed by atoms with van der Waals surface area (Å²) >= 11 is 5.27. The van der Waals surface area contributed by atoms with E-state index in [9.17, 15) is 4.39 Å². The lowest BCUT2D eigenvalue weighted by Crippen LogP contribution is -2.24. The molecule has 4 heteroatoms. The summed E-state index contributed by atoms with van der Waals surface area (Å²) in [6.45, 7) is 2.94. The van der Waals surface area contributed by atoms with Gasteiger partial charge in [0, 0.05) is 22.6 Å². The van der Waals surface area contributed by atoms with Crippen LogP contribution in [-0.2, 0) is 0 Å². The van der Waals surface area contributed by atoms with E-state index in [1.165, 1.54) is 25.7 Å². The van der Waals surface area contributed by atoms with E-state index in [1.807, 2.05) is 23.9 Å². The van der Waals surface area contributed by atoms with Gasteiger partial charge in [0.2, 0.25) is 0 Å². The molecule has 1 aliphatic carbocycles. The van der Waals surface area contributed by atoms with Gasteiger partial charge in [-0.15, -0.1) is 0 Å². The van der Waals surface area contributed by atoms with Crippen LogP contribution < -0.4 is 5.32 Å². The number of hydrogen-bond donors (Lipinski definition) is 1. The quantitative estimate of drug-likeness (QED) is 0.785. The zero-order valence-corrected chi connectivity index (χ0v) is 13.7. The molecule has 19 heavy (non-hydrogen) atoms. The Morgan fingerprint density at radius 3 is 2.84 bits per heavy atom. The smallest absolute Gasteiger partial charge is 0.142 e. The molecule has 0 aromatic heterocycles. The zero-order chi connectivity index (χ0) is 13.7. The molecule has 0 amide bonds. The average molecular weight is 346 g/mol. The molecule has 0 radical (unpaired) electrons. The second-order valence-corrected chi connectivity index (χ2v) is 7.18. The topological polar surface area (TPSA) is 12.0 Å². The lowest BCUT2D eigenvalue weighted by molar-refractivity contribution is 0.541. The highest BCUT2D eigenvalue weighted by molar-refractivity contribution is 9.10. The van der Waals surface area contributed by atoms with Crippen molar-refractivity contribution < 1.29 is 4.39 Å². The van der Waals surface area contributed by atoms with Gasteiger partial charge >= 0.3 is 0 Å². The molecule has 1 saturated carbocycles. The minimum Gasteiger partial charge on any atom is -0.309 e. The van der Waals surface area contributed by atoms with Crippen molar-refractivity contribution in [2.45, 2.75) is 43.9 Å². The van der Waals surface area contributed by atoms with E-state index in [-0.39, 0.29) is 11.9 Å². The maximum Gasteiger partial charge on any atom is 0.142 e. The molecule has 1 aromatic carbocycles. The summed E-state index contributed by atoms with van der Waals surface area (Å²) in [6.07, 6.45) is 5.36. The summed E-state index contributed by atoms with van der Waals surface area (Å²) in [4.78, 5) is 0. The molecule has 1 aliphatic rings. The van der Waals surface area contributed by atoms with Gasteiger partial charge < -0.3 is 5.32 Å². The lowest BCUT2D eigenvalue weighted by atomic mass is 10.1. The van der Waals surface area contributed by atoms with Crippen molar-refractivity contribution in [2.24, 2.45) is 0 Å². The minimum atomic E-state index is -0.125. The highest BCUT2D eigenvalue weighted by atomic mass is 79.9. The Morgan fingerprint density at radius 1 is 1.42 bits per heavy atom. The predicted octanol–water partition coefficient (Wildman–Crippen LogP) is 4.91. The lowest BCUT2D eigenvalue weighted by Gasteiger charge is -2.21. The zero-order valence-electron chi connectivity index (χ0n) is 11.3. The van der Waals surface area contributed by atoms with E-state index in [0.717, 1.165) is 23.1 Å². The maximum absolute atomic E-state index is 14.2. The van der Waals surface area contributed by atoms with Crippen LogP contribution in [0.1, 0.15) is 44.2 Å². The third kappa shape index (κ3) is 4.20. The molecule has 0 spiro atoms. The number of rotatable bonds is 6. The van der Waals surface area contributed by atoms with Gasteiger partial charge in [0.25, 0.3) is 0 Å². The molecule has 1 fully saturated rings. The van der Waals surface area contributed by atoms with E-state index in [4.69, 9.17) is 0 Å². The third-order valence-electron chi connectivity index (χ3n) is 3.61. The van der Waals surface area contributed by atoms with Crippen LogP contribution in [0.3, 0.4) is 0 Å². The Morgan fingerprint density at radius 2 is 2.16 bits per heavy atom. The molecule has 0 heterocycles. The Bertz CT molecular complexity index is 407. The molecule has 106 valence electrons. The molecule has 0 aliphatic heterocycles. The van der Waals surface area contributed by atoms with Gasteiger partial charge in [-0.05, 0) is 41.4 Å². The van der Waals surface area contributed by atoms with Crippen molar-refractivity contribution in [3.63, 3.8) is 0 Å². The van der Waals surface area contributed by atoms with Crippen molar-refractivity contribution >= 4 is 27.7 Å². The van der Waals surface area contributed by atoms with E-state index < -0.39 is 0 Å². The van der Waals surface area contributed by atoms with Crippen molar-refractivity contribution in [3.8, 4) is 0 Å². The Balaban J connectivity index is 2.03. The van der Waals surface area contributed by atoms with E-state index in [2.05, 4.69) is 28.2 Å². The second kappa shape index (κ2) is 7.65. The van der Waals surface area contributed by atoms with Crippen LogP contribution in [0.5, 0.6) is 0 Å². The molecule has 0 bridgehead atoms. The van der Waals surface area contributed by atoms with Crippen molar-refractivity contribution in [3.05, 3.63) is 34.1 Å². The van der Waals surface area contributed by atoms with Gasteiger partial charge in [0.1, 0.15) is 5.82 Å². The average Bonchev–Trinajstić information content (AvgIpc) is 2.91. The first-order valence-corrected chi connectivity index (χ1v) is 8.85. The van der Waals surface area contributed by atoms with Gasteiger partial charge in [0.05, 0.1) is 4.47 Å². The summed E-state index contributed by atoms with van der Waals surface area (Å²) in [5.74, 6) is 0.826. The number of nitrogens with one attached hydrogen (secondary N) is 1. The highest BCUT2D eigenvalue weighted by Crippen LogP contribution is 2.33. The van der Waals surface area contributed by atoms with E-state index in [1.54, 1.807) is 6.07 Å². The number of thioether (sulfide) groups is 1. The summed E-state index contributed by atoms with van der Waals surface area (Å²) in [7, 11) is 0.